The van der Waals surface area contributed by atoms with Crippen LogP contribution in [-0.2, 0) is 11.2 Å². The third-order valence-corrected chi connectivity index (χ3v) is 6.58. The summed E-state index contributed by atoms with van der Waals surface area (Å²) in [5.74, 6) is -0.990. The summed E-state index contributed by atoms with van der Waals surface area (Å²) >= 11 is 0. The van der Waals surface area contributed by atoms with Crippen molar-refractivity contribution in [3.05, 3.63) is 119 Å². The number of hydrogen-bond donors (Lipinski definition) is 1. The molecule has 2 amide bonds. The van der Waals surface area contributed by atoms with E-state index >= 15 is 0 Å². The third-order valence-electron chi connectivity index (χ3n) is 6.58. The van der Waals surface area contributed by atoms with Crippen molar-refractivity contribution in [3.63, 3.8) is 0 Å². The lowest BCUT2D eigenvalue weighted by molar-refractivity contribution is -0.137. The second-order valence-electron chi connectivity index (χ2n) is 9.31. The fraction of sp³-hybridized carbons (Fsp3) is 0.188. The third kappa shape index (κ3) is 6.76. The Morgan fingerprint density at radius 1 is 0.744 bits per heavy atom. The summed E-state index contributed by atoms with van der Waals surface area (Å²) in [6.07, 6.45) is 2.06. The molecule has 0 radical (unpaired) electrons. The van der Waals surface area contributed by atoms with Gasteiger partial charge in [-0.1, -0.05) is 72.3 Å². The highest BCUT2D eigenvalue weighted by Gasteiger charge is 2.24. The van der Waals surface area contributed by atoms with Crippen LogP contribution >= 0.6 is 0 Å². The maximum absolute atomic E-state index is 13.9. The van der Waals surface area contributed by atoms with E-state index in [1.54, 1.807) is 54.5 Å². The molecule has 0 bridgehead atoms. The minimum atomic E-state index is -0.968. The molecule has 0 aliphatic carbocycles. The largest absolute Gasteiger partial charge is 0.481 e. The number of carboxylic acids is 1. The van der Waals surface area contributed by atoms with Crippen LogP contribution in [0, 0.1) is 6.92 Å². The average molecular weight is 522 g/mol. The number of pyridine rings is 1. The highest BCUT2D eigenvalue weighted by atomic mass is 16.4. The number of rotatable bonds is 10. The van der Waals surface area contributed by atoms with Crippen LogP contribution in [0.1, 0.15) is 38.3 Å². The number of nitrogens with zero attached hydrogens (tertiary/aromatic N) is 3. The molecule has 0 aliphatic heterocycles. The van der Waals surface area contributed by atoms with Gasteiger partial charge in [0, 0.05) is 37.5 Å². The Labute approximate surface area is 228 Å². The van der Waals surface area contributed by atoms with E-state index in [9.17, 15) is 19.5 Å². The first-order valence-electron chi connectivity index (χ1n) is 12.8. The predicted octanol–water partition coefficient (Wildman–Crippen LogP) is 5.49. The summed E-state index contributed by atoms with van der Waals surface area (Å²) in [6, 6.07) is 27.7. The maximum Gasteiger partial charge on any atom is 0.305 e. The van der Waals surface area contributed by atoms with E-state index < -0.39 is 5.97 Å². The summed E-state index contributed by atoms with van der Waals surface area (Å²) in [5, 5.41) is 9.32. The number of carboxylic acid groups (broad SMARTS) is 1. The summed E-state index contributed by atoms with van der Waals surface area (Å²) < 4.78 is 0. The molecule has 0 atom stereocenters. The van der Waals surface area contributed by atoms with Gasteiger partial charge in [0.05, 0.1) is 6.42 Å². The highest BCUT2D eigenvalue weighted by Crippen LogP contribution is 2.30. The van der Waals surface area contributed by atoms with Crippen LogP contribution in [0.2, 0.25) is 0 Å². The van der Waals surface area contributed by atoms with Crippen molar-refractivity contribution in [1.29, 1.82) is 0 Å². The van der Waals surface area contributed by atoms with Crippen LogP contribution in [0.3, 0.4) is 0 Å². The van der Waals surface area contributed by atoms with Crippen LogP contribution < -0.4 is 4.90 Å². The molecule has 0 saturated heterocycles. The van der Waals surface area contributed by atoms with Crippen molar-refractivity contribution in [2.45, 2.75) is 19.8 Å². The Bertz CT molecular complexity index is 1450. The first-order valence-corrected chi connectivity index (χ1v) is 12.8. The van der Waals surface area contributed by atoms with E-state index in [4.69, 9.17) is 0 Å². The van der Waals surface area contributed by atoms with Gasteiger partial charge in [0.1, 0.15) is 5.82 Å². The van der Waals surface area contributed by atoms with Gasteiger partial charge in [-0.2, -0.15) is 0 Å². The first-order chi connectivity index (χ1) is 18.8. The molecule has 0 fully saturated rings. The SMILES string of the molecule is Cc1ccc(CCN(CCC(=O)O)C(=O)c2ccccc2-c2ccccc2C(=O)N(C)c2ccccn2)cc1. The minimum absolute atomic E-state index is 0.0807. The molecule has 1 aromatic heterocycles. The fourth-order valence-electron chi connectivity index (χ4n) is 4.38. The van der Waals surface area contributed by atoms with Gasteiger partial charge < -0.3 is 10.0 Å². The van der Waals surface area contributed by atoms with Gasteiger partial charge >= 0.3 is 5.97 Å². The molecule has 3 aromatic carbocycles. The molecule has 7 heteroatoms. The van der Waals surface area contributed by atoms with E-state index in [0.29, 0.717) is 41.0 Å². The summed E-state index contributed by atoms with van der Waals surface area (Å²) in [4.78, 5) is 46.1. The number of amides is 2. The van der Waals surface area contributed by atoms with Gasteiger partial charge in [-0.05, 0) is 54.3 Å². The van der Waals surface area contributed by atoms with Crippen molar-refractivity contribution in [1.82, 2.24) is 9.88 Å². The van der Waals surface area contributed by atoms with Gasteiger partial charge in [0.2, 0.25) is 0 Å². The number of aliphatic carboxylic acids is 1. The molecule has 0 unspecified atom stereocenters. The van der Waals surface area contributed by atoms with Gasteiger partial charge in [-0.25, -0.2) is 4.98 Å². The number of aryl methyl sites for hydroxylation is 1. The molecule has 1 N–H and O–H groups in total. The van der Waals surface area contributed by atoms with Gasteiger partial charge in [-0.3, -0.25) is 19.3 Å². The van der Waals surface area contributed by atoms with E-state index in [1.165, 1.54) is 4.90 Å². The number of anilines is 1. The molecule has 0 aliphatic rings. The standard InChI is InChI=1S/C32H31N3O4/c1-23-14-16-24(17-15-23)18-21-35(22-19-30(36)37)32(39)28-12-6-4-10-26(28)25-9-3-5-11-27(25)31(38)34(2)29-13-7-8-20-33-29/h3-17,20H,18-19,21-22H2,1-2H3,(H,36,37). The Hall–Kier alpha value is -4.78. The molecular weight excluding hydrogens is 490 g/mol. The Morgan fingerprint density at radius 3 is 1.92 bits per heavy atom. The van der Waals surface area contributed by atoms with Gasteiger partial charge in [0.15, 0.2) is 0 Å². The van der Waals surface area contributed by atoms with Gasteiger partial charge in [-0.15, -0.1) is 0 Å². The van der Waals surface area contributed by atoms with Crippen LogP contribution in [0.25, 0.3) is 11.1 Å². The van der Waals surface area contributed by atoms with Crippen LogP contribution in [0.5, 0.6) is 0 Å². The van der Waals surface area contributed by atoms with Crippen LogP contribution in [0.15, 0.2) is 97.2 Å². The number of aromatic nitrogens is 1. The molecule has 4 rings (SSSR count). The van der Waals surface area contributed by atoms with Crippen molar-refractivity contribution in [2.75, 3.05) is 25.0 Å². The zero-order valence-electron chi connectivity index (χ0n) is 22.1. The molecule has 198 valence electrons. The minimum Gasteiger partial charge on any atom is -0.481 e. The molecule has 0 spiro atoms. The molecule has 1 heterocycles. The van der Waals surface area contributed by atoms with Crippen molar-refractivity contribution >= 4 is 23.6 Å². The van der Waals surface area contributed by atoms with Crippen molar-refractivity contribution in [3.8, 4) is 11.1 Å². The number of carbonyl (C=O) groups is 3. The summed E-state index contributed by atoms with van der Waals surface area (Å²) in [6.45, 7) is 2.46. The topological polar surface area (TPSA) is 90.8 Å². The molecule has 4 aromatic rings. The lowest BCUT2D eigenvalue weighted by Gasteiger charge is -2.24. The quantitative estimate of drug-likeness (QED) is 0.298. The monoisotopic (exact) mass is 521 g/mol. The molecule has 7 nitrogen and oxygen atoms in total. The van der Waals surface area contributed by atoms with E-state index in [1.807, 2.05) is 61.5 Å². The number of benzene rings is 3. The predicted molar refractivity (Wildman–Crippen MR) is 152 cm³/mol. The molecule has 0 saturated carbocycles. The maximum atomic E-state index is 13.9. The van der Waals surface area contributed by atoms with Gasteiger partial charge in [0.25, 0.3) is 11.8 Å². The zero-order valence-corrected chi connectivity index (χ0v) is 22.1. The normalized spacial score (nSPS) is 10.6. The van der Waals surface area contributed by atoms with Crippen LogP contribution in [0.4, 0.5) is 5.82 Å². The van der Waals surface area contributed by atoms with E-state index in [2.05, 4.69) is 4.98 Å². The summed E-state index contributed by atoms with van der Waals surface area (Å²) in [5.41, 5.74) is 4.28. The molecule has 39 heavy (non-hydrogen) atoms. The first kappa shape index (κ1) is 27.3. The summed E-state index contributed by atoms with van der Waals surface area (Å²) in [7, 11) is 1.66. The Balaban J connectivity index is 1.67. The lowest BCUT2D eigenvalue weighted by Crippen LogP contribution is -2.35. The van der Waals surface area contributed by atoms with E-state index in [0.717, 1.165) is 11.1 Å². The van der Waals surface area contributed by atoms with Crippen molar-refractivity contribution in [2.24, 2.45) is 0 Å². The highest BCUT2D eigenvalue weighted by molar-refractivity contribution is 6.11. The number of hydrogen-bond acceptors (Lipinski definition) is 4. The second kappa shape index (κ2) is 12.6. The molecular formula is C32H31N3O4. The Kier molecular flexibility index (Phi) is 8.84. The fourth-order valence-corrected chi connectivity index (χ4v) is 4.38. The second-order valence-corrected chi connectivity index (χ2v) is 9.31. The van der Waals surface area contributed by atoms with E-state index in [-0.39, 0.29) is 24.8 Å². The Morgan fingerprint density at radius 2 is 1.33 bits per heavy atom. The van der Waals surface area contributed by atoms with Crippen molar-refractivity contribution < 1.29 is 19.5 Å². The zero-order chi connectivity index (χ0) is 27.8. The number of carbonyl (C=O) groups excluding carboxylic acids is 2. The average Bonchev–Trinajstić information content (AvgIpc) is 2.97. The van der Waals surface area contributed by atoms with Crippen LogP contribution in [-0.4, -0.2) is 52.9 Å². The lowest BCUT2D eigenvalue weighted by atomic mass is 9.94. The smallest absolute Gasteiger partial charge is 0.305 e.